The number of aryl methyl sites for hydroxylation is 1. The van der Waals surface area contributed by atoms with Crippen molar-refractivity contribution in [3.63, 3.8) is 0 Å². The van der Waals surface area contributed by atoms with Gasteiger partial charge in [0.05, 0.1) is 6.26 Å². The summed E-state index contributed by atoms with van der Waals surface area (Å²) in [4.78, 5) is 0. The summed E-state index contributed by atoms with van der Waals surface area (Å²) in [5.74, 6) is 0.762. The highest BCUT2D eigenvalue weighted by molar-refractivity contribution is 4.97. The molecular formula is C7H10O. The van der Waals surface area contributed by atoms with Crippen molar-refractivity contribution in [2.24, 2.45) is 0 Å². The fraction of sp³-hybridized carbons (Fsp3) is 0.429. The SMILES string of the molecule is [2H]C(CC)c1ccco1. The minimum Gasteiger partial charge on any atom is -0.469 e. The Morgan fingerprint density at radius 2 is 2.75 bits per heavy atom. The molecule has 0 aromatic carbocycles. The summed E-state index contributed by atoms with van der Waals surface area (Å²) in [6.07, 6.45) is 2.24. The van der Waals surface area contributed by atoms with Gasteiger partial charge in [0.15, 0.2) is 0 Å². The van der Waals surface area contributed by atoms with E-state index in [0.717, 1.165) is 12.2 Å². The predicted octanol–water partition coefficient (Wildman–Crippen LogP) is 2.23. The van der Waals surface area contributed by atoms with Crippen molar-refractivity contribution >= 4 is 0 Å². The summed E-state index contributed by atoms with van der Waals surface area (Å²) in [5.41, 5.74) is 0. The van der Waals surface area contributed by atoms with Gasteiger partial charge in [0, 0.05) is 7.77 Å². The maximum Gasteiger partial charge on any atom is 0.103 e. The fourth-order valence-corrected chi connectivity index (χ4v) is 0.609. The van der Waals surface area contributed by atoms with E-state index in [4.69, 9.17) is 5.79 Å². The van der Waals surface area contributed by atoms with E-state index in [1.54, 1.807) is 6.26 Å². The van der Waals surface area contributed by atoms with E-state index in [-0.39, 0.29) is 6.40 Å². The zero-order chi connectivity index (χ0) is 6.69. The van der Waals surface area contributed by atoms with E-state index in [1.165, 1.54) is 0 Å². The van der Waals surface area contributed by atoms with E-state index >= 15 is 0 Å². The van der Waals surface area contributed by atoms with Crippen molar-refractivity contribution < 1.29 is 5.79 Å². The first-order chi connectivity index (χ1) is 4.34. The molecule has 0 saturated carbocycles. The molecule has 1 heterocycles. The van der Waals surface area contributed by atoms with Crippen molar-refractivity contribution in [1.82, 2.24) is 0 Å². The first-order valence-corrected chi connectivity index (χ1v) is 2.80. The third-order valence-electron chi connectivity index (χ3n) is 0.948. The Hall–Kier alpha value is -0.720. The lowest BCUT2D eigenvalue weighted by Crippen LogP contribution is -1.73. The highest BCUT2D eigenvalue weighted by Gasteiger charge is 1.88. The smallest absolute Gasteiger partial charge is 0.103 e. The van der Waals surface area contributed by atoms with Crippen LogP contribution in [0.25, 0.3) is 0 Å². The van der Waals surface area contributed by atoms with Crippen LogP contribution in [-0.2, 0) is 6.40 Å². The Morgan fingerprint density at radius 1 is 1.88 bits per heavy atom. The highest BCUT2D eigenvalue weighted by atomic mass is 16.3. The molecule has 0 aliphatic carbocycles. The Morgan fingerprint density at radius 3 is 3.25 bits per heavy atom. The molecule has 0 fully saturated rings. The molecule has 0 aliphatic rings. The van der Waals surface area contributed by atoms with E-state index in [1.807, 2.05) is 19.1 Å². The van der Waals surface area contributed by atoms with Crippen LogP contribution in [0.4, 0.5) is 0 Å². The molecule has 0 N–H and O–H groups in total. The standard InChI is InChI=1S/C7H10O/c1-2-4-7-5-3-6-8-7/h3,5-6H,2,4H2,1H3/i4D. The molecule has 0 radical (unpaired) electrons. The largest absolute Gasteiger partial charge is 0.469 e. The second-order valence-corrected chi connectivity index (χ2v) is 1.63. The molecule has 1 aromatic rings. The van der Waals surface area contributed by atoms with Gasteiger partial charge in [-0.25, -0.2) is 0 Å². The molecule has 0 aliphatic heterocycles. The third-order valence-corrected chi connectivity index (χ3v) is 0.948. The van der Waals surface area contributed by atoms with Gasteiger partial charge in [0.2, 0.25) is 0 Å². The number of furan rings is 1. The van der Waals surface area contributed by atoms with Gasteiger partial charge in [-0.1, -0.05) is 6.92 Å². The molecule has 1 heteroatoms. The predicted molar refractivity (Wildman–Crippen MR) is 32.7 cm³/mol. The molecule has 1 unspecified atom stereocenters. The van der Waals surface area contributed by atoms with Gasteiger partial charge in [-0.15, -0.1) is 0 Å². The molecular weight excluding hydrogens is 100 g/mol. The third kappa shape index (κ3) is 1.12. The van der Waals surface area contributed by atoms with Gasteiger partial charge >= 0.3 is 0 Å². The van der Waals surface area contributed by atoms with E-state index in [2.05, 4.69) is 0 Å². The van der Waals surface area contributed by atoms with Crippen molar-refractivity contribution in [3.8, 4) is 0 Å². The topological polar surface area (TPSA) is 13.1 Å². The van der Waals surface area contributed by atoms with E-state index in [9.17, 15) is 0 Å². The summed E-state index contributed by atoms with van der Waals surface area (Å²) >= 11 is 0. The van der Waals surface area contributed by atoms with Crippen LogP contribution in [-0.4, -0.2) is 0 Å². The molecule has 0 spiro atoms. The Kier molecular flexibility index (Phi) is 1.34. The zero-order valence-electron chi connectivity index (χ0n) is 5.92. The lowest BCUT2D eigenvalue weighted by molar-refractivity contribution is 0.506. The van der Waals surface area contributed by atoms with Crippen LogP contribution in [0.5, 0.6) is 0 Å². The second-order valence-electron chi connectivity index (χ2n) is 1.63. The molecule has 8 heavy (non-hydrogen) atoms. The fourth-order valence-electron chi connectivity index (χ4n) is 0.609. The van der Waals surface area contributed by atoms with Gasteiger partial charge in [-0.05, 0) is 18.6 Å². The minimum absolute atomic E-state index is 0.181. The average molecular weight is 111 g/mol. The maximum atomic E-state index is 7.38. The molecule has 1 rings (SSSR count). The van der Waals surface area contributed by atoms with E-state index in [0.29, 0.717) is 0 Å². The molecule has 1 atom stereocenters. The first-order valence-electron chi connectivity index (χ1n) is 3.38. The van der Waals surface area contributed by atoms with Crippen LogP contribution >= 0.6 is 0 Å². The van der Waals surface area contributed by atoms with Crippen LogP contribution in [0.15, 0.2) is 22.8 Å². The summed E-state index contributed by atoms with van der Waals surface area (Å²) in [5, 5.41) is 0. The number of hydrogen-bond donors (Lipinski definition) is 0. The normalized spacial score (nSPS) is 15.4. The summed E-state index contributed by atoms with van der Waals surface area (Å²) in [6.45, 7) is 1.97. The van der Waals surface area contributed by atoms with E-state index < -0.39 is 0 Å². The van der Waals surface area contributed by atoms with Crippen molar-refractivity contribution in [2.45, 2.75) is 19.7 Å². The van der Waals surface area contributed by atoms with Crippen LogP contribution in [0.2, 0.25) is 0 Å². The summed E-state index contributed by atoms with van der Waals surface area (Å²) in [6, 6.07) is 3.65. The van der Waals surface area contributed by atoms with Crippen molar-refractivity contribution in [2.75, 3.05) is 0 Å². The number of rotatable bonds is 2. The van der Waals surface area contributed by atoms with Crippen LogP contribution in [0.1, 0.15) is 20.5 Å². The molecule has 0 saturated heterocycles. The van der Waals surface area contributed by atoms with Crippen LogP contribution in [0, 0.1) is 0 Å². The highest BCUT2D eigenvalue weighted by Crippen LogP contribution is 2.01. The lowest BCUT2D eigenvalue weighted by atomic mass is 10.3. The second kappa shape index (κ2) is 2.55. The Labute approximate surface area is 50.7 Å². The number of hydrogen-bond acceptors (Lipinski definition) is 1. The van der Waals surface area contributed by atoms with Gasteiger partial charge in [-0.3, -0.25) is 0 Å². The lowest BCUT2D eigenvalue weighted by Gasteiger charge is -1.85. The van der Waals surface area contributed by atoms with Gasteiger partial charge in [-0.2, -0.15) is 0 Å². The minimum atomic E-state index is -0.181. The summed E-state index contributed by atoms with van der Waals surface area (Å²) in [7, 11) is 0. The Balaban J connectivity index is 2.65. The van der Waals surface area contributed by atoms with Crippen molar-refractivity contribution in [1.29, 1.82) is 0 Å². The zero-order valence-corrected chi connectivity index (χ0v) is 4.92. The molecule has 0 bridgehead atoms. The van der Waals surface area contributed by atoms with Crippen LogP contribution in [0.3, 0.4) is 0 Å². The quantitative estimate of drug-likeness (QED) is 0.570. The summed E-state index contributed by atoms with van der Waals surface area (Å²) < 4.78 is 12.4. The molecule has 0 amide bonds. The van der Waals surface area contributed by atoms with Gasteiger partial charge in [0.1, 0.15) is 5.76 Å². The van der Waals surface area contributed by atoms with Crippen molar-refractivity contribution in [3.05, 3.63) is 24.2 Å². The molecule has 1 nitrogen and oxygen atoms in total. The first kappa shape index (κ1) is 4.19. The monoisotopic (exact) mass is 111 g/mol. The molecule has 1 aromatic heterocycles. The van der Waals surface area contributed by atoms with Crippen LogP contribution < -0.4 is 0 Å². The van der Waals surface area contributed by atoms with Gasteiger partial charge in [0.25, 0.3) is 0 Å². The average Bonchev–Trinajstić information content (AvgIpc) is 2.37. The maximum absolute atomic E-state index is 7.38. The molecule has 44 valence electrons. The Bertz CT molecular complexity index is 157. The van der Waals surface area contributed by atoms with Gasteiger partial charge < -0.3 is 4.42 Å².